The summed E-state index contributed by atoms with van der Waals surface area (Å²) in [6, 6.07) is 8.99. The van der Waals surface area contributed by atoms with Crippen LogP contribution in [0.2, 0.25) is 0 Å². The largest absolute Gasteiger partial charge is 0.481 e. The molecule has 111 valence electrons. The number of fused-ring (bicyclic) bond motifs is 2. The zero-order chi connectivity index (χ0) is 15.9. The van der Waals surface area contributed by atoms with Gasteiger partial charge in [0.05, 0.1) is 22.2 Å². The average Bonchev–Trinajstić information content (AvgIpc) is 2.47. The molecule has 3 rings (SSSR count). The maximum absolute atomic E-state index is 12.5. The van der Waals surface area contributed by atoms with E-state index in [4.69, 9.17) is 5.11 Å². The number of rotatable bonds is 3. The number of nitro benzene ring substituents is 1. The molecular formula is C15H10N2NaO5. The molecule has 1 heterocycles. The number of aromatic amines is 1. The number of hydrogen-bond acceptors (Lipinski definition) is 4. The van der Waals surface area contributed by atoms with Gasteiger partial charge in [0, 0.05) is 41.0 Å². The summed E-state index contributed by atoms with van der Waals surface area (Å²) in [6.07, 6.45) is -0.278. The van der Waals surface area contributed by atoms with Gasteiger partial charge in [-0.1, -0.05) is 18.2 Å². The molecule has 0 atom stereocenters. The van der Waals surface area contributed by atoms with Crippen LogP contribution in [0.5, 0.6) is 0 Å². The van der Waals surface area contributed by atoms with Crippen LogP contribution in [0.3, 0.4) is 0 Å². The number of para-hydroxylation sites is 2. The standard InChI is InChI=1S/C15H10N2O5.Na/c18-12(19)7-8-3-1-4-9-13(8)16-14-10(15(9)20)5-2-6-11(14)17(21)22;/h1-6H,7H2,(H,16,20)(H,18,19);. The van der Waals surface area contributed by atoms with E-state index in [-0.39, 0.29) is 58.0 Å². The molecule has 2 aromatic carbocycles. The molecule has 0 aliphatic rings. The summed E-state index contributed by atoms with van der Waals surface area (Å²) in [7, 11) is 0. The molecule has 2 N–H and O–H groups in total. The van der Waals surface area contributed by atoms with Crippen molar-refractivity contribution in [3.63, 3.8) is 0 Å². The summed E-state index contributed by atoms with van der Waals surface area (Å²) < 4.78 is 0. The van der Waals surface area contributed by atoms with Crippen molar-refractivity contribution in [3.05, 3.63) is 62.3 Å². The van der Waals surface area contributed by atoms with Crippen molar-refractivity contribution in [2.24, 2.45) is 0 Å². The molecule has 0 aliphatic heterocycles. The first-order chi connectivity index (χ1) is 10.5. The number of carboxylic acid groups (broad SMARTS) is 1. The Morgan fingerprint density at radius 1 is 1.13 bits per heavy atom. The van der Waals surface area contributed by atoms with Crippen LogP contribution in [0.4, 0.5) is 5.69 Å². The van der Waals surface area contributed by atoms with Crippen LogP contribution in [0.1, 0.15) is 5.56 Å². The first-order valence-electron chi connectivity index (χ1n) is 6.42. The van der Waals surface area contributed by atoms with E-state index in [0.29, 0.717) is 16.5 Å². The smallest absolute Gasteiger partial charge is 0.307 e. The SMILES string of the molecule is O=C(O)Cc1cccc2c(=O)c3cccc([N+](=O)[O-])c3[nH]c12.[Na]. The Bertz CT molecular complexity index is 996. The Balaban J connectivity index is 0.00000192. The second-order valence-electron chi connectivity index (χ2n) is 4.82. The van der Waals surface area contributed by atoms with E-state index in [1.165, 1.54) is 18.2 Å². The summed E-state index contributed by atoms with van der Waals surface area (Å²) in [5.41, 5.74) is 0.239. The quantitative estimate of drug-likeness (QED) is 0.331. The number of carboxylic acids is 1. The van der Waals surface area contributed by atoms with Crippen molar-refractivity contribution in [3.8, 4) is 0 Å². The summed E-state index contributed by atoms with van der Waals surface area (Å²) in [5.74, 6) is -1.05. The van der Waals surface area contributed by atoms with Gasteiger partial charge in [-0.2, -0.15) is 0 Å². The van der Waals surface area contributed by atoms with E-state index in [1.54, 1.807) is 18.2 Å². The second kappa shape index (κ2) is 6.49. The van der Waals surface area contributed by atoms with Crippen LogP contribution in [-0.2, 0) is 11.2 Å². The van der Waals surface area contributed by atoms with Gasteiger partial charge in [-0.05, 0) is 17.7 Å². The zero-order valence-corrected chi connectivity index (χ0v) is 14.2. The van der Waals surface area contributed by atoms with Crippen LogP contribution < -0.4 is 5.43 Å². The first kappa shape index (κ1) is 17.1. The van der Waals surface area contributed by atoms with Gasteiger partial charge < -0.3 is 10.1 Å². The number of nitrogens with one attached hydrogen (secondary N) is 1. The predicted octanol–water partition coefficient (Wildman–Crippen LogP) is 1.84. The number of benzene rings is 2. The van der Waals surface area contributed by atoms with Crippen LogP contribution >= 0.6 is 0 Å². The molecule has 0 spiro atoms. The van der Waals surface area contributed by atoms with Gasteiger partial charge in [-0.25, -0.2) is 0 Å². The number of H-pyrrole nitrogens is 1. The maximum Gasteiger partial charge on any atom is 0.307 e. The van der Waals surface area contributed by atoms with Crippen molar-refractivity contribution in [2.45, 2.75) is 6.42 Å². The van der Waals surface area contributed by atoms with Crippen LogP contribution in [0.15, 0.2) is 41.2 Å². The minimum atomic E-state index is -1.05. The van der Waals surface area contributed by atoms with Gasteiger partial charge in [0.2, 0.25) is 0 Å². The number of hydrogen-bond donors (Lipinski definition) is 2. The van der Waals surface area contributed by atoms with Crippen molar-refractivity contribution in [1.82, 2.24) is 4.98 Å². The fraction of sp³-hybridized carbons (Fsp3) is 0.0667. The minimum Gasteiger partial charge on any atom is -0.481 e. The Morgan fingerprint density at radius 3 is 2.35 bits per heavy atom. The number of nitro groups is 1. The fourth-order valence-electron chi connectivity index (χ4n) is 2.53. The Labute approximate surface area is 151 Å². The van der Waals surface area contributed by atoms with E-state index in [0.717, 1.165) is 0 Å². The molecule has 0 aliphatic carbocycles. The number of aromatic nitrogens is 1. The number of carbonyl (C=O) groups is 1. The van der Waals surface area contributed by atoms with Gasteiger partial charge in [-0.3, -0.25) is 19.7 Å². The third-order valence-corrected chi connectivity index (χ3v) is 3.47. The zero-order valence-electron chi connectivity index (χ0n) is 12.2. The van der Waals surface area contributed by atoms with Gasteiger partial charge in [0.25, 0.3) is 5.69 Å². The molecule has 3 aromatic rings. The van der Waals surface area contributed by atoms with Crippen molar-refractivity contribution in [1.29, 1.82) is 0 Å². The van der Waals surface area contributed by atoms with Gasteiger partial charge >= 0.3 is 5.97 Å². The van der Waals surface area contributed by atoms with Gasteiger partial charge in [0.1, 0.15) is 5.52 Å². The second-order valence-corrected chi connectivity index (χ2v) is 4.82. The number of pyridine rings is 1. The van der Waals surface area contributed by atoms with E-state index in [2.05, 4.69) is 4.98 Å². The van der Waals surface area contributed by atoms with E-state index in [9.17, 15) is 19.7 Å². The Morgan fingerprint density at radius 2 is 1.74 bits per heavy atom. The summed E-state index contributed by atoms with van der Waals surface area (Å²) >= 11 is 0. The molecule has 0 unspecified atom stereocenters. The fourth-order valence-corrected chi connectivity index (χ4v) is 2.53. The predicted molar refractivity (Wildman–Crippen MR) is 85.8 cm³/mol. The Hall–Kier alpha value is -2.22. The molecule has 0 fully saturated rings. The third kappa shape index (κ3) is 2.98. The van der Waals surface area contributed by atoms with Crippen molar-refractivity contribution < 1.29 is 14.8 Å². The average molecular weight is 321 g/mol. The summed E-state index contributed by atoms with van der Waals surface area (Å²) in [5, 5.41) is 20.6. The molecular weight excluding hydrogens is 311 g/mol. The van der Waals surface area contributed by atoms with Gasteiger partial charge in [0.15, 0.2) is 5.43 Å². The number of nitrogens with zero attached hydrogens (tertiary/aromatic N) is 1. The molecule has 7 nitrogen and oxygen atoms in total. The van der Waals surface area contributed by atoms with Crippen LogP contribution in [0, 0.1) is 10.1 Å². The normalized spacial score (nSPS) is 10.4. The monoisotopic (exact) mass is 321 g/mol. The van der Waals surface area contributed by atoms with Gasteiger partial charge in [-0.15, -0.1) is 0 Å². The molecule has 0 saturated carbocycles. The van der Waals surface area contributed by atoms with Crippen molar-refractivity contribution >= 4 is 63.0 Å². The maximum atomic E-state index is 12.5. The molecule has 8 heteroatoms. The third-order valence-electron chi connectivity index (χ3n) is 3.47. The summed E-state index contributed by atoms with van der Waals surface area (Å²) in [4.78, 5) is 36.9. The molecule has 1 radical (unpaired) electrons. The van der Waals surface area contributed by atoms with E-state index in [1.807, 2.05) is 0 Å². The first-order valence-corrected chi connectivity index (χ1v) is 6.42. The minimum absolute atomic E-state index is 0. The van der Waals surface area contributed by atoms with E-state index < -0.39 is 10.9 Å². The molecule has 0 bridgehead atoms. The Kier molecular flexibility index (Phi) is 4.84. The molecule has 1 aromatic heterocycles. The van der Waals surface area contributed by atoms with Crippen LogP contribution in [-0.4, -0.2) is 50.5 Å². The number of aliphatic carboxylic acids is 1. The summed E-state index contributed by atoms with van der Waals surface area (Å²) in [6.45, 7) is 0. The number of non-ortho nitro benzene ring substituents is 1. The molecule has 0 saturated heterocycles. The van der Waals surface area contributed by atoms with Crippen LogP contribution in [0.25, 0.3) is 21.8 Å². The van der Waals surface area contributed by atoms with Crippen molar-refractivity contribution in [2.75, 3.05) is 0 Å². The molecule has 0 amide bonds. The van der Waals surface area contributed by atoms with E-state index >= 15 is 0 Å². The molecule has 23 heavy (non-hydrogen) atoms. The topological polar surface area (TPSA) is 113 Å².